The van der Waals surface area contributed by atoms with Crippen LogP contribution >= 0.6 is 0 Å². The van der Waals surface area contributed by atoms with Gasteiger partial charge in [-0.2, -0.15) is 10.2 Å². The first-order chi connectivity index (χ1) is 28.7. The van der Waals surface area contributed by atoms with Crippen LogP contribution < -0.4 is 10.6 Å². The van der Waals surface area contributed by atoms with Gasteiger partial charge in [0.2, 0.25) is 11.8 Å². The third kappa shape index (κ3) is 10.4. The summed E-state index contributed by atoms with van der Waals surface area (Å²) >= 11 is 0. The van der Waals surface area contributed by atoms with E-state index in [0.29, 0.717) is 56.1 Å². The molecule has 6 aromatic rings. The van der Waals surface area contributed by atoms with Gasteiger partial charge in [0.05, 0.1) is 47.3 Å². The molecular weight excluding hydrogens is 775 g/mol. The third-order valence-corrected chi connectivity index (χ3v) is 10.3. The van der Waals surface area contributed by atoms with Crippen LogP contribution in [0.1, 0.15) is 33.6 Å². The van der Waals surface area contributed by atoms with Crippen LogP contribution in [-0.4, -0.2) is 104 Å². The predicted octanol–water partition coefficient (Wildman–Crippen LogP) is 6.69. The van der Waals surface area contributed by atoms with E-state index in [0.717, 1.165) is 38.6 Å². The number of halogens is 2. The minimum Gasteiger partial charge on any atom is -0.480 e. The minimum atomic E-state index is -0.886. The van der Waals surface area contributed by atoms with Crippen LogP contribution in [0.3, 0.4) is 0 Å². The molecule has 0 bridgehead atoms. The number of carbonyl (C=O) groups excluding carboxylic acids is 3. The minimum absolute atomic E-state index is 0.0456. The Kier molecular flexibility index (Phi) is 12.3. The zero-order valence-electron chi connectivity index (χ0n) is 33.4. The maximum absolute atomic E-state index is 13.2. The molecule has 16 heteroatoms. The SMILES string of the molecule is CC(C)(C)OC(=O)CN1CCC(C(=O)Nc2ccc3c(-c4ccc(F)cc4)n[nH]c3c2)C1.O=C(O)CN1CCC(C(=O)Nc2ccc3c(-c4ccc(F)cc4)n[nH]c3c2)C1. The number of anilines is 2. The number of aliphatic carboxylic acids is 1. The smallest absolute Gasteiger partial charge is 0.320 e. The average molecular weight is 821 g/mol. The molecule has 0 radical (unpaired) electrons. The lowest BCUT2D eigenvalue weighted by atomic mass is 10.1. The highest BCUT2D eigenvalue weighted by Crippen LogP contribution is 2.30. The molecule has 4 heterocycles. The Morgan fingerprint density at radius 3 is 1.55 bits per heavy atom. The summed E-state index contributed by atoms with van der Waals surface area (Å²) in [7, 11) is 0. The van der Waals surface area contributed by atoms with Crippen molar-refractivity contribution in [2.45, 2.75) is 39.2 Å². The number of carboxylic acids is 1. The Balaban J connectivity index is 0.000000183. The van der Waals surface area contributed by atoms with Crippen molar-refractivity contribution >= 4 is 56.9 Å². The fourth-order valence-electron chi connectivity index (χ4n) is 7.47. The van der Waals surface area contributed by atoms with Gasteiger partial charge < -0.3 is 20.5 Å². The van der Waals surface area contributed by atoms with Crippen molar-refractivity contribution in [1.82, 2.24) is 30.2 Å². The van der Waals surface area contributed by atoms with E-state index in [1.54, 1.807) is 41.3 Å². The Bertz CT molecular complexity index is 2510. The van der Waals surface area contributed by atoms with Gasteiger partial charge in [0.1, 0.15) is 17.2 Å². The number of H-pyrrole nitrogens is 2. The first kappa shape index (κ1) is 41.6. The van der Waals surface area contributed by atoms with E-state index in [-0.39, 0.29) is 54.3 Å². The molecular formula is C44H46F2N8O6. The van der Waals surface area contributed by atoms with Crippen molar-refractivity contribution in [3.05, 3.63) is 96.6 Å². The molecule has 0 spiro atoms. The number of hydrogen-bond acceptors (Lipinski definition) is 9. The molecule has 14 nitrogen and oxygen atoms in total. The number of fused-ring (bicyclic) bond motifs is 2. The van der Waals surface area contributed by atoms with E-state index in [1.807, 2.05) is 49.9 Å². The largest absolute Gasteiger partial charge is 0.480 e. The number of benzene rings is 4. The standard InChI is InChI=1S/C24H27FN4O3.C20H19FN4O3/c1-24(2,3)32-21(30)14-29-11-10-16(13-29)23(31)26-18-8-9-19-20(12-18)27-28-22(19)15-4-6-17(25)7-5-15;21-14-3-1-12(2-4-14)19-16-6-5-15(9-17(16)23-24-19)22-20(28)13-7-8-25(10-13)11-18(26)27/h4-9,12,16H,10-11,13-14H2,1-3H3,(H,26,31)(H,27,28);1-6,9,13H,7-8,10-11H2,(H,22,28)(H,23,24)(H,26,27). The summed E-state index contributed by atoms with van der Waals surface area (Å²) in [4.78, 5) is 51.8. The van der Waals surface area contributed by atoms with Gasteiger partial charge in [-0.1, -0.05) is 0 Å². The van der Waals surface area contributed by atoms with E-state index in [4.69, 9.17) is 9.84 Å². The molecule has 2 amide bonds. The fourth-order valence-corrected chi connectivity index (χ4v) is 7.47. The highest BCUT2D eigenvalue weighted by Gasteiger charge is 2.31. The maximum atomic E-state index is 13.2. The first-order valence-corrected chi connectivity index (χ1v) is 19.7. The number of nitrogens with zero attached hydrogens (tertiary/aromatic N) is 4. The van der Waals surface area contributed by atoms with Crippen molar-refractivity contribution < 1.29 is 37.8 Å². The number of ether oxygens (including phenoxy) is 1. The number of aromatic nitrogens is 4. The third-order valence-electron chi connectivity index (χ3n) is 10.3. The second kappa shape index (κ2) is 17.8. The van der Waals surface area contributed by atoms with E-state index in [9.17, 15) is 28.0 Å². The first-order valence-electron chi connectivity index (χ1n) is 19.7. The molecule has 0 aliphatic carbocycles. The van der Waals surface area contributed by atoms with Crippen LogP contribution in [-0.2, 0) is 23.9 Å². The topological polar surface area (TPSA) is 186 Å². The van der Waals surface area contributed by atoms with E-state index < -0.39 is 11.6 Å². The van der Waals surface area contributed by atoms with Gasteiger partial charge >= 0.3 is 11.9 Å². The van der Waals surface area contributed by atoms with Crippen LogP contribution in [0.5, 0.6) is 0 Å². The Morgan fingerprint density at radius 1 is 0.700 bits per heavy atom. The molecule has 2 fully saturated rings. The Labute approximate surface area is 344 Å². The second-order valence-electron chi connectivity index (χ2n) is 16.1. The molecule has 2 unspecified atom stereocenters. The molecule has 2 aliphatic heterocycles. The summed E-state index contributed by atoms with van der Waals surface area (Å²) in [6.45, 7) is 7.90. The molecule has 4 aromatic carbocycles. The zero-order valence-corrected chi connectivity index (χ0v) is 33.4. The van der Waals surface area contributed by atoms with E-state index >= 15 is 0 Å². The number of aromatic amines is 2. The number of carboxylic acid groups (broad SMARTS) is 1. The van der Waals surface area contributed by atoms with E-state index in [2.05, 4.69) is 31.0 Å². The molecule has 5 N–H and O–H groups in total. The summed E-state index contributed by atoms with van der Waals surface area (Å²) in [5.74, 6) is -2.38. The zero-order chi connectivity index (χ0) is 42.6. The number of amides is 2. The number of carbonyl (C=O) groups is 4. The van der Waals surface area contributed by atoms with E-state index in [1.165, 1.54) is 24.3 Å². The lowest BCUT2D eigenvalue weighted by Crippen LogP contribution is -2.34. The van der Waals surface area contributed by atoms with Crippen LogP contribution in [0.15, 0.2) is 84.9 Å². The molecule has 2 aliphatic rings. The second-order valence-corrected chi connectivity index (χ2v) is 16.1. The number of esters is 1. The fraction of sp³-hybridized carbons (Fsp3) is 0.318. The van der Waals surface area contributed by atoms with Gasteiger partial charge in [-0.05, 0) is 132 Å². The van der Waals surface area contributed by atoms with Crippen molar-refractivity contribution in [1.29, 1.82) is 0 Å². The van der Waals surface area contributed by atoms with Crippen LogP contribution in [0.25, 0.3) is 44.3 Å². The molecule has 0 saturated carbocycles. The number of likely N-dealkylation sites (tertiary alicyclic amines) is 2. The van der Waals surface area contributed by atoms with Gasteiger partial charge in [-0.15, -0.1) is 0 Å². The molecule has 2 atom stereocenters. The summed E-state index contributed by atoms with van der Waals surface area (Å²) in [6, 6.07) is 23.3. The number of nitrogens with one attached hydrogen (secondary N) is 4. The molecule has 2 aromatic heterocycles. The monoisotopic (exact) mass is 820 g/mol. The van der Waals surface area contributed by atoms with Crippen molar-refractivity contribution in [3.63, 3.8) is 0 Å². The lowest BCUT2D eigenvalue weighted by Gasteiger charge is -2.22. The summed E-state index contributed by atoms with van der Waals surface area (Å²) in [5, 5.41) is 31.1. The molecule has 312 valence electrons. The number of hydrogen-bond donors (Lipinski definition) is 5. The van der Waals surface area contributed by atoms with Gasteiger partial charge in [-0.3, -0.25) is 39.2 Å². The maximum Gasteiger partial charge on any atom is 0.320 e. The van der Waals surface area contributed by atoms with Gasteiger partial charge in [0.25, 0.3) is 0 Å². The Hall–Kier alpha value is -6.52. The number of rotatable bonds is 10. The molecule has 2 saturated heterocycles. The predicted molar refractivity (Wildman–Crippen MR) is 223 cm³/mol. The lowest BCUT2D eigenvalue weighted by molar-refractivity contribution is -0.156. The summed E-state index contributed by atoms with van der Waals surface area (Å²) in [5.41, 5.74) is 5.39. The average Bonchev–Trinajstić information content (AvgIpc) is 4.02. The molecule has 8 rings (SSSR count). The quantitative estimate of drug-likeness (QED) is 0.0934. The van der Waals surface area contributed by atoms with Crippen molar-refractivity contribution in [3.8, 4) is 22.5 Å². The highest BCUT2D eigenvalue weighted by molar-refractivity contribution is 6.00. The van der Waals surface area contributed by atoms with Crippen LogP contribution in [0, 0.1) is 23.5 Å². The van der Waals surface area contributed by atoms with Crippen molar-refractivity contribution in [2.75, 3.05) is 49.9 Å². The highest BCUT2D eigenvalue weighted by atomic mass is 19.1. The Morgan fingerprint density at radius 2 is 1.13 bits per heavy atom. The van der Waals surface area contributed by atoms with Crippen molar-refractivity contribution in [2.24, 2.45) is 11.8 Å². The van der Waals surface area contributed by atoms with Gasteiger partial charge in [-0.25, -0.2) is 8.78 Å². The summed E-state index contributed by atoms with van der Waals surface area (Å²) < 4.78 is 31.7. The molecule has 60 heavy (non-hydrogen) atoms. The normalized spacial score (nSPS) is 17.0. The van der Waals surface area contributed by atoms with Gasteiger partial charge in [0, 0.05) is 46.4 Å². The summed E-state index contributed by atoms with van der Waals surface area (Å²) in [6.07, 6.45) is 1.33. The van der Waals surface area contributed by atoms with Crippen LogP contribution in [0.4, 0.5) is 20.2 Å². The van der Waals surface area contributed by atoms with Crippen LogP contribution in [0.2, 0.25) is 0 Å². The van der Waals surface area contributed by atoms with Gasteiger partial charge in [0.15, 0.2) is 0 Å².